The Labute approximate surface area is 159 Å². The molecule has 3 rings (SSSR count). The Morgan fingerprint density at radius 3 is 2.37 bits per heavy atom. The van der Waals surface area contributed by atoms with Crippen molar-refractivity contribution < 1.29 is 19.4 Å². The summed E-state index contributed by atoms with van der Waals surface area (Å²) in [6, 6.07) is 13.1. The number of carbonyl (C=O) groups is 1. The Morgan fingerprint density at radius 1 is 1.00 bits per heavy atom. The second kappa shape index (κ2) is 8.66. The molecule has 0 spiro atoms. The molecule has 6 nitrogen and oxygen atoms in total. The van der Waals surface area contributed by atoms with Crippen molar-refractivity contribution in [1.29, 1.82) is 0 Å². The molecule has 2 aromatic rings. The zero-order valence-electron chi connectivity index (χ0n) is 15.9. The third-order valence-corrected chi connectivity index (χ3v) is 4.93. The van der Waals surface area contributed by atoms with Gasteiger partial charge in [0.15, 0.2) is 11.5 Å². The van der Waals surface area contributed by atoms with Crippen LogP contribution < -0.4 is 14.4 Å². The minimum atomic E-state index is 0.154. The van der Waals surface area contributed by atoms with Gasteiger partial charge >= 0.3 is 0 Å². The van der Waals surface area contributed by atoms with Crippen molar-refractivity contribution in [1.82, 2.24) is 4.90 Å². The average Bonchev–Trinajstić information content (AvgIpc) is 2.72. The van der Waals surface area contributed by atoms with E-state index in [0.717, 1.165) is 24.3 Å². The number of carbonyl (C=O) groups excluding carboxylic acids is 1. The average molecular weight is 370 g/mol. The minimum absolute atomic E-state index is 0.154. The molecular formula is C21H26N2O4. The van der Waals surface area contributed by atoms with Gasteiger partial charge in [0.2, 0.25) is 5.91 Å². The number of ether oxygens (including phenoxy) is 2. The molecule has 0 unspecified atom stereocenters. The largest absolute Gasteiger partial charge is 0.506 e. The highest BCUT2D eigenvalue weighted by molar-refractivity contribution is 5.77. The van der Waals surface area contributed by atoms with Crippen molar-refractivity contribution in [2.75, 3.05) is 45.3 Å². The maximum absolute atomic E-state index is 12.6. The van der Waals surface area contributed by atoms with Crippen molar-refractivity contribution in [3.8, 4) is 17.2 Å². The van der Waals surface area contributed by atoms with Crippen molar-refractivity contribution in [2.45, 2.75) is 12.8 Å². The molecule has 1 aliphatic heterocycles. The topological polar surface area (TPSA) is 62.2 Å². The first-order valence-corrected chi connectivity index (χ1v) is 9.14. The molecule has 27 heavy (non-hydrogen) atoms. The molecule has 0 atom stereocenters. The highest BCUT2D eigenvalue weighted by Gasteiger charge is 2.22. The normalized spacial score (nSPS) is 14.1. The number of nitrogens with zero attached hydrogens (tertiary/aromatic N) is 2. The van der Waals surface area contributed by atoms with Crippen LogP contribution in [0, 0.1) is 0 Å². The van der Waals surface area contributed by atoms with Crippen molar-refractivity contribution in [2.24, 2.45) is 0 Å². The van der Waals surface area contributed by atoms with Crippen molar-refractivity contribution in [3.63, 3.8) is 0 Å². The molecular weight excluding hydrogens is 344 g/mol. The molecule has 1 amide bonds. The van der Waals surface area contributed by atoms with Crippen LogP contribution in [-0.2, 0) is 11.2 Å². The summed E-state index contributed by atoms with van der Waals surface area (Å²) < 4.78 is 10.6. The molecule has 1 N–H and O–H groups in total. The van der Waals surface area contributed by atoms with Gasteiger partial charge in [-0.1, -0.05) is 18.2 Å². The lowest BCUT2D eigenvalue weighted by atomic mass is 10.1. The molecule has 2 aromatic carbocycles. The third-order valence-electron chi connectivity index (χ3n) is 4.93. The van der Waals surface area contributed by atoms with E-state index in [9.17, 15) is 9.90 Å². The number of phenols is 1. The summed E-state index contributed by atoms with van der Waals surface area (Å²) in [5.74, 6) is 1.80. The molecule has 1 fully saturated rings. The third kappa shape index (κ3) is 4.45. The molecule has 0 aliphatic carbocycles. The summed E-state index contributed by atoms with van der Waals surface area (Å²) in [5, 5.41) is 9.99. The maximum atomic E-state index is 12.6. The van der Waals surface area contributed by atoms with E-state index in [0.29, 0.717) is 37.4 Å². The minimum Gasteiger partial charge on any atom is -0.506 e. The van der Waals surface area contributed by atoms with Gasteiger partial charge in [-0.3, -0.25) is 4.79 Å². The highest BCUT2D eigenvalue weighted by Crippen LogP contribution is 2.29. The van der Waals surface area contributed by atoms with Crippen LogP contribution in [0.25, 0.3) is 0 Å². The van der Waals surface area contributed by atoms with Gasteiger partial charge in [0.25, 0.3) is 0 Å². The van der Waals surface area contributed by atoms with E-state index in [1.54, 1.807) is 20.3 Å². The molecule has 0 bridgehead atoms. The van der Waals surface area contributed by atoms with Gasteiger partial charge < -0.3 is 24.4 Å². The SMILES string of the molecule is COc1ccc(CCC(=O)N2CCN(c3ccccc3O)CC2)cc1OC. The zero-order chi connectivity index (χ0) is 19.2. The summed E-state index contributed by atoms with van der Waals surface area (Å²) in [6.45, 7) is 2.78. The van der Waals surface area contributed by atoms with E-state index in [2.05, 4.69) is 4.90 Å². The zero-order valence-corrected chi connectivity index (χ0v) is 15.9. The second-order valence-electron chi connectivity index (χ2n) is 6.55. The van der Waals surface area contributed by atoms with Crippen LogP contribution in [0.5, 0.6) is 17.2 Å². The number of amides is 1. The first kappa shape index (κ1) is 18.9. The molecule has 1 aliphatic rings. The number of piperazine rings is 1. The summed E-state index contributed by atoms with van der Waals surface area (Å²) in [5.41, 5.74) is 1.88. The van der Waals surface area contributed by atoms with Gasteiger partial charge in [0.1, 0.15) is 5.75 Å². The number of hydrogen-bond acceptors (Lipinski definition) is 5. The van der Waals surface area contributed by atoms with Gasteiger partial charge in [-0.15, -0.1) is 0 Å². The van der Waals surface area contributed by atoms with Gasteiger partial charge in [0, 0.05) is 32.6 Å². The van der Waals surface area contributed by atoms with E-state index in [4.69, 9.17) is 9.47 Å². The number of methoxy groups -OCH3 is 2. The Morgan fingerprint density at radius 2 is 1.70 bits per heavy atom. The fraction of sp³-hybridized carbons (Fsp3) is 0.381. The first-order chi connectivity index (χ1) is 13.1. The van der Waals surface area contributed by atoms with Gasteiger partial charge in [0.05, 0.1) is 19.9 Å². The van der Waals surface area contributed by atoms with Crippen LogP contribution in [0.4, 0.5) is 5.69 Å². The maximum Gasteiger partial charge on any atom is 0.223 e. The number of phenolic OH excluding ortho intramolecular Hbond substituents is 1. The number of aromatic hydroxyl groups is 1. The van der Waals surface area contributed by atoms with Gasteiger partial charge in [-0.05, 0) is 36.2 Å². The smallest absolute Gasteiger partial charge is 0.223 e. The van der Waals surface area contributed by atoms with Crippen LogP contribution >= 0.6 is 0 Å². The molecule has 144 valence electrons. The number of rotatable bonds is 6. The number of benzene rings is 2. The van der Waals surface area contributed by atoms with Crippen molar-refractivity contribution in [3.05, 3.63) is 48.0 Å². The Balaban J connectivity index is 1.52. The summed E-state index contributed by atoms with van der Waals surface area (Å²) in [6.07, 6.45) is 1.13. The van der Waals surface area contributed by atoms with Crippen LogP contribution in [-0.4, -0.2) is 56.3 Å². The first-order valence-electron chi connectivity index (χ1n) is 9.14. The standard InChI is InChI=1S/C21H26N2O4/c1-26-19-9-7-16(15-20(19)27-2)8-10-21(25)23-13-11-22(12-14-23)17-5-3-4-6-18(17)24/h3-7,9,15,24H,8,10-14H2,1-2H3. The van der Waals surface area contributed by atoms with Crippen LogP contribution in [0.2, 0.25) is 0 Å². The predicted octanol–water partition coefficient (Wildman–Crippen LogP) is 2.69. The molecule has 0 aromatic heterocycles. The van der Waals surface area contributed by atoms with E-state index in [-0.39, 0.29) is 11.7 Å². The van der Waals surface area contributed by atoms with E-state index < -0.39 is 0 Å². The molecule has 6 heteroatoms. The number of hydrogen-bond donors (Lipinski definition) is 1. The molecule has 1 saturated heterocycles. The van der Waals surface area contributed by atoms with E-state index >= 15 is 0 Å². The Bertz CT molecular complexity index is 786. The highest BCUT2D eigenvalue weighted by atomic mass is 16.5. The monoisotopic (exact) mass is 370 g/mol. The molecule has 0 saturated carbocycles. The van der Waals surface area contributed by atoms with Crippen molar-refractivity contribution >= 4 is 11.6 Å². The van der Waals surface area contributed by atoms with Gasteiger partial charge in [-0.2, -0.15) is 0 Å². The lowest BCUT2D eigenvalue weighted by Gasteiger charge is -2.36. The summed E-state index contributed by atoms with van der Waals surface area (Å²) in [4.78, 5) is 16.6. The Hall–Kier alpha value is -2.89. The summed E-state index contributed by atoms with van der Waals surface area (Å²) >= 11 is 0. The van der Waals surface area contributed by atoms with Crippen LogP contribution in [0.1, 0.15) is 12.0 Å². The molecule has 1 heterocycles. The number of anilines is 1. The fourth-order valence-electron chi connectivity index (χ4n) is 3.37. The summed E-state index contributed by atoms with van der Waals surface area (Å²) in [7, 11) is 3.21. The predicted molar refractivity (Wildman–Crippen MR) is 105 cm³/mol. The Kier molecular flexibility index (Phi) is 6.06. The van der Waals surface area contributed by atoms with Crippen LogP contribution in [0.3, 0.4) is 0 Å². The second-order valence-corrected chi connectivity index (χ2v) is 6.55. The van der Waals surface area contributed by atoms with E-state index in [1.165, 1.54) is 0 Å². The van der Waals surface area contributed by atoms with E-state index in [1.807, 2.05) is 41.3 Å². The number of aryl methyl sites for hydroxylation is 1. The quantitative estimate of drug-likeness (QED) is 0.847. The lowest BCUT2D eigenvalue weighted by Crippen LogP contribution is -2.48. The molecule has 0 radical (unpaired) electrons. The van der Waals surface area contributed by atoms with Gasteiger partial charge in [-0.25, -0.2) is 0 Å². The number of para-hydroxylation sites is 2. The van der Waals surface area contributed by atoms with Crippen LogP contribution in [0.15, 0.2) is 42.5 Å². The fourth-order valence-corrected chi connectivity index (χ4v) is 3.37. The lowest BCUT2D eigenvalue weighted by molar-refractivity contribution is -0.131.